The third-order valence-corrected chi connectivity index (χ3v) is 2.55. The first-order valence-corrected chi connectivity index (χ1v) is 5.70. The number of rotatable bonds is 2. The number of aromatic hydroxyl groups is 1. The van der Waals surface area contributed by atoms with Crippen LogP contribution in [0.4, 0.5) is 5.69 Å². The first-order chi connectivity index (χ1) is 8.54. The highest BCUT2D eigenvalue weighted by Crippen LogP contribution is 2.12. The molecule has 7 heteroatoms. The lowest BCUT2D eigenvalue weighted by Crippen LogP contribution is -2.15. The highest BCUT2D eigenvalue weighted by molar-refractivity contribution is 9.10. The normalized spacial score (nSPS) is 10.1. The second-order valence-corrected chi connectivity index (χ2v) is 4.25. The van der Waals surface area contributed by atoms with E-state index >= 15 is 0 Å². The van der Waals surface area contributed by atoms with E-state index in [1.54, 1.807) is 12.1 Å². The van der Waals surface area contributed by atoms with Gasteiger partial charge in [0, 0.05) is 12.1 Å². The third-order valence-electron chi connectivity index (χ3n) is 2.08. The number of carbonyl (C=O) groups excluding carboxylic acids is 1. The van der Waals surface area contributed by atoms with Crippen molar-refractivity contribution in [2.45, 2.75) is 0 Å². The summed E-state index contributed by atoms with van der Waals surface area (Å²) in [5.41, 5.74) is 0.0104. The van der Waals surface area contributed by atoms with Gasteiger partial charge in [-0.1, -0.05) is 0 Å². The van der Waals surface area contributed by atoms with Crippen molar-refractivity contribution in [3.8, 4) is 5.88 Å². The average Bonchev–Trinajstić information content (AvgIpc) is 2.31. The van der Waals surface area contributed by atoms with E-state index < -0.39 is 11.5 Å². The summed E-state index contributed by atoms with van der Waals surface area (Å²) >= 11 is 3.17. The van der Waals surface area contributed by atoms with Crippen molar-refractivity contribution in [2.75, 3.05) is 5.32 Å². The Bertz CT molecular complexity index is 637. The van der Waals surface area contributed by atoms with E-state index in [9.17, 15) is 14.7 Å². The van der Waals surface area contributed by atoms with Crippen LogP contribution < -0.4 is 10.9 Å². The van der Waals surface area contributed by atoms with E-state index in [0.29, 0.717) is 10.3 Å². The Hall–Kier alpha value is -2.15. The van der Waals surface area contributed by atoms with Crippen LogP contribution in [0, 0.1) is 0 Å². The molecule has 1 amide bonds. The number of nitrogens with one attached hydrogen (secondary N) is 2. The first-order valence-electron chi connectivity index (χ1n) is 4.91. The molecule has 2 aromatic heterocycles. The van der Waals surface area contributed by atoms with Crippen LogP contribution in [0.25, 0.3) is 0 Å². The van der Waals surface area contributed by atoms with Crippen molar-refractivity contribution in [3.05, 3.63) is 51.0 Å². The van der Waals surface area contributed by atoms with E-state index in [1.807, 2.05) is 0 Å². The third kappa shape index (κ3) is 2.95. The largest absolute Gasteiger partial charge is 0.494 e. The summed E-state index contributed by atoms with van der Waals surface area (Å²) in [7, 11) is 0. The fraction of sp³-hybridized carbons (Fsp3) is 0. The van der Waals surface area contributed by atoms with Gasteiger partial charge in [0.2, 0.25) is 0 Å². The van der Waals surface area contributed by atoms with Gasteiger partial charge >= 0.3 is 0 Å². The van der Waals surface area contributed by atoms with Crippen LogP contribution in [0.15, 0.2) is 39.9 Å². The van der Waals surface area contributed by atoms with E-state index in [0.717, 1.165) is 6.07 Å². The van der Waals surface area contributed by atoms with Gasteiger partial charge in [-0.2, -0.15) is 0 Å². The average molecular weight is 310 g/mol. The van der Waals surface area contributed by atoms with E-state index in [4.69, 9.17) is 0 Å². The Morgan fingerprint density at radius 3 is 2.78 bits per heavy atom. The van der Waals surface area contributed by atoms with Crippen LogP contribution in [0.3, 0.4) is 0 Å². The summed E-state index contributed by atoms with van der Waals surface area (Å²) in [6, 6.07) is 5.59. The molecule has 0 saturated carbocycles. The van der Waals surface area contributed by atoms with Gasteiger partial charge < -0.3 is 10.4 Å². The maximum atomic E-state index is 11.8. The minimum absolute atomic E-state index is 0.0687. The lowest BCUT2D eigenvalue weighted by Gasteiger charge is -2.04. The quantitative estimate of drug-likeness (QED) is 0.732. The van der Waals surface area contributed by atoms with Crippen LogP contribution in [0.2, 0.25) is 0 Å². The molecule has 0 atom stereocenters. The van der Waals surface area contributed by atoms with Crippen molar-refractivity contribution >= 4 is 27.5 Å². The van der Waals surface area contributed by atoms with Crippen LogP contribution in [-0.2, 0) is 0 Å². The number of aromatic nitrogens is 2. The summed E-state index contributed by atoms with van der Waals surface area (Å²) in [4.78, 5) is 29.0. The van der Waals surface area contributed by atoms with Gasteiger partial charge in [0.25, 0.3) is 11.5 Å². The zero-order valence-electron chi connectivity index (χ0n) is 8.98. The predicted octanol–water partition coefficient (Wildman–Crippen LogP) is 1.49. The summed E-state index contributed by atoms with van der Waals surface area (Å²) in [6.07, 6.45) is 1.47. The minimum atomic E-state index is -0.547. The number of halogens is 1. The molecule has 18 heavy (non-hydrogen) atoms. The standard InChI is InChI=1S/C11H8BrN3O3/c12-8-2-1-7(5-13-8)14-11(18)6-3-9(16)15-10(17)4-6/h1-5H,(H,14,18)(H2,15,16,17). The molecule has 0 aromatic carbocycles. The molecule has 0 saturated heterocycles. The summed E-state index contributed by atoms with van der Waals surface area (Å²) in [5.74, 6) is -0.859. The number of H-pyrrole nitrogens is 1. The monoisotopic (exact) mass is 309 g/mol. The maximum Gasteiger partial charge on any atom is 0.256 e. The minimum Gasteiger partial charge on any atom is -0.494 e. The summed E-state index contributed by atoms with van der Waals surface area (Å²) in [6.45, 7) is 0. The molecule has 0 fully saturated rings. The van der Waals surface area contributed by atoms with E-state index in [1.165, 1.54) is 12.3 Å². The number of pyridine rings is 2. The molecule has 3 N–H and O–H groups in total. The van der Waals surface area contributed by atoms with Gasteiger partial charge in [-0.3, -0.25) is 14.6 Å². The molecule has 0 spiro atoms. The second-order valence-electron chi connectivity index (χ2n) is 3.44. The first kappa shape index (κ1) is 12.3. The molecular weight excluding hydrogens is 302 g/mol. The molecule has 2 rings (SSSR count). The number of hydrogen-bond acceptors (Lipinski definition) is 4. The summed E-state index contributed by atoms with van der Waals surface area (Å²) < 4.78 is 0.647. The van der Waals surface area contributed by atoms with Gasteiger partial charge in [0.1, 0.15) is 4.60 Å². The van der Waals surface area contributed by atoms with E-state index in [-0.39, 0.29) is 11.4 Å². The molecule has 92 valence electrons. The summed E-state index contributed by atoms with van der Waals surface area (Å²) in [5, 5.41) is 11.7. The Morgan fingerprint density at radius 1 is 1.39 bits per heavy atom. The molecule has 0 aliphatic carbocycles. The molecule has 0 bridgehead atoms. The number of hydrogen-bond donors (Lipinski definition) is 3. The molecule has 6 nitrogen and oxygen atoms in total. The number of carbonyl (C=O) groups is 1. The van der Waals surface area contributed by atoms with Crippen molar-refractivity contribution in [1.82, 2.24) is 9.97 Å². The van der Waals surface area contributed by atoms with Gasteiger partial charge in [0.15, 0.2) is 5.88 Å². The zero-order valence-corrected chi connectivity index (χ0v) is 10.6. The van der Waals surface area contributed by atoms with Gasteiger partial charge in [-0.25, -0.2) is 4.98 Å². The SMILES string of the molecule is O=C(Nc1ccc(Br)nc1)c1cc(O)[nH]c(=O)c1. The second kappa shape index (κ2) is 5.01. The smallest absolute Gasteiger partial charge is 0.256 e. The Kier molecular flexibility index (Phi) is 3.42. The van der Waals surface area contributed by atoms with Crippen LogP contribution in [0.1, 0.15) is 10.4 Å². The lowest BCUT2D eigenvalue weighted by molar-refractivity contribution is 0.102. The zero-order chi connectivity index (χ0) is 13.1. The predicted molar refractivity (Wildman–Crippen MR) is 68.6 cm³/mol. The Labute approximate surface area is 110 Å². The van der Waals surface area contributed by atoms with Crippen LogP contribution in [0.5, 0.6) is 5.88 Å². The molecular formula is C11H8BrN3O3. The maximum absolute atomic E-state index is 11.8. The molecule has 0 radical (unpaired) electrons. The van der Waals surface area contributed by atoms with Crippen LogP contribution >= 0.6 is 15.9 Å². The molecule has 2 heterocycles. The number of anilines is 1. The fourth-order valence-corrected chi connectivity index (χ4v) is 1.55. The lowest BCUT2D eigenvalue weighted by atomic mass is 10.2. The van der Waals surface area contributed by atoms with Gasteiger partial charge in [-0.05, 0) is 28.1 Å². The number of amides is 1. The van der Waals surface area contributed by atoms with E-state index in [2.05, 4.69) is 31.2 Å². The highest BCUT2D eigenvalue weighted by Gasteiger charge is 2.08. The topological polar surface area (TPSA) is 95.1 Å². The molecule has 2 aromatic rings. The van der Waals surface area contributed by atoms with Gasteiger partial charge in [0.05, 0.1) is 17.4 Å². The Morgan fingerprint density at radius 2 is 2.17 bits per heavy atom. The van der Waals surface area contributed by atoms with Crippen molar-refractivity contribution in [3.63, 3.8) is 0 Å². The molecule has 0 aliphatic rings. The van der Waals surface area contributed by atoms with Crippen LogP contribution in [-0.4, -0.2) is 21.0 Å². The fourth-order valence-electron chi connectivity index (χ4n) is 1.31. The molecule has 0 unspecified atom stereocenters. The molecule has 0 aliphatic heterocycles. The Balaban J connectivity index is 2.21. The van der Waals surface area contributed by atoms with Crippen molar-refractivity contribution in [1.29, 1.82) is 0 Å². The highest BCUT2D eigenvalue weighted by atomic mass is 79.9. The number of nitrogens with zero attached hydrogens (tertiary/aromatic N) is 1. The van der Waals surface area contributed by atoms with Gasteiger partial charge in [-0.15, -0.1) is 0 Å². The van der Waals surface area contributed by atoms with Crippen molar-refractivity contribution in [2.24, 2.45) is 0 Å². The van der Waals surface area contributed by atoms with Crippen molar-refractivity contribution < 1.29 is 9.90 Å². The number of aromatic amines is 1.